The summed E-state index contributed by atoms with van der Waals surface area (Å²) in [6.07, 6.45) is 0.903. The van der Waals surface area contributed by atoms with Crippen molar-refractivity contribution in [2.24, 2.45) is 0 Å². The number of benzene rings is 1. The van der Waals surface area contributed by atoms with Gasteiger partial charge in [-0.1, -0.05) is 30.3 Å². The van der Waals surface area contributed by atoms with Crippen LogP contribution in [0.1, 0.15) is 5.56 Å². The molecule has 90 valence electrons. The van der Waals surface area contributed by atoms with Crippen LogP contribution in [0.4, 0.5) is 0 Å². The van der Waals surface area contributed by atoms with E-state index in [9.17, 15) is 10.0 Å². The fourth-order valence-corrected chi connectivity index (χ4v) is 1.51. The van der Waals surface area contributed by atoms with Gasteiger partial charge in [-0.05, 0) is 5.56 Å². The first-order chi connectivity index (χ1) is 8.25. The van der Waals surface area contributed by atoms with E-state index in [2.05, 4.69) is 0 Å². The third-order valence-corrected chi connectivity index (χ3v) is 2.43. The lowest BCUT2D eigenvalue weighted by molar-refractivity contribution is -0.509. The summed E-state index contributed by atoms with van der Waals surface area (Å²) < 4.78 is 10.8. The number of esters is 1. The molecule has 5 heteroatoms. The largest absolute Gasteiger partial charge is 0.623 e. The molecular formula is C12H13NO4. The van der Waals surface area contributed by atoms with E-state index in [-0.39, 0.29) is 13.2 Å². The number of carbonyl (C=O) groups is 1. The maximum Gasteiger partial charge on any atom is 0.396 e. The van der Waals surface area contributed by atoms with Gasteiger partial charge in [-0.15, -0.1) is 0 Å². The molecule has 17 heavy (non-hydrogen) atoms. The van der Waals surface area contributed by atoms with Crippen LogP contribution in [-0.4, -0.2) is 36.2 Å². The lowest BCUT2D eigenvalue weighted by atomic mass is 10.2. The summed E-state index contributed by atoms with van der Waals surface area (Å²) in [5.74, 6) is -0.598. The van der Waals surface area contributed by atoms with Gasteiger partial charge < -0.3 is 14.7 Å². The highest BCUT2D eigenvalue weighted by molar-refractivity contribution is 6.21. The molecule has 5 nitrogen and oxygen atoms in total. The van der Waals surface area contributed by atoms with Crippen LogP contribution in [0.2, 0.25) is 0 Å². The van der Waals surface area contributed by atoms with E-state index in [4.69, 9.17) is 9.47 Å². The quantitative estimate of drug-likeness (QED) is 0.438. The molecular weight excluding hydrogens is 222 g/mol. The van der Waals surface area contributed by atoms with E-state index < -0.39 is 12.0 Å². The molecule has 0 bridgehead atoms. The van der Waals surface area contributed by atoms with Crippen LogP contribution in [0.3, 0.4) is 0 Å². The summed E-state index contributed by atoms with van der Waals surface area (Å²) in [6.45, 7) is 0.759. The Bertz CT molecular complexity index is 416. The van der Waals surface area contributed by atoms with E-state index in [0.717, 1.165) is 11.8 Å². The van der Waals surface area contributed by atoms with Crippen molar-refractivity contribution in [1.29, 1.82) is 0 Å². The van der Waals surface area contributed by atoms with E-state index in [1.807, 2.05) is 30.3 Å². The lowest BCUT2D eigenvalue weighted by Crippen LogP contribution is -2.39. The molecule has 0 fully saturated rings. The van der Waals surface area contributed by atoms with Gasteiger partial charge in [0.05, 0.1) is 6.61 Å². The molecule has 0 saturated heterocycles. The average Bonchev–Trinajstić information content (AvgIpc) is 2.33. The Balaban J connectivity index is 1.80. The first-order valence-electron chi connectivity index (χ1n) is 5.34. The first kappa shape index (κ1) is 11.6. The Hall–Kier alpha value is -1.88. The Kier molecular flexibility index (Phi) is 3.72. The highest BCUT2D eigenvalue weighted by Gasteiger charge is 2.25. The number of hydrogen-bond acceptors (Lipinski definition) is 4. The van der Waals surface area contributed by atoms with Gasteiger partial charge >= 0.3 is 5.97 Å². The van der Waals surface area contributed by atoms with Crippen LogP contribution in [0, 0.1) is 5.21 Å². The predicted octanol–water partition coefficient (Wildman–Crippen LogP) is 0.710. The number of rotatable bonds is 4. The zero-order valence-electron chi connectivity index (χ0n) is 9.24. The van der Waals surface area contributed by atoms with E-state index in [0.29, 0.717) is 11.3 Å². The van der Waals surface area contributed by atoms with E-state index in [1.54, 1.807) is 0 Å². The molecule has 0 aliphatic carbocycles. The second-order valence-electron chi connectivity index (χ2n) is 3.77. The second kappa shape index (κ2) is 5.45. The molecule has 0 radical (unpaired) electrons. The predicted molar refractivity (Wildman–Crippen MR) is 60.5 cm³/mol. The minimum atomic E-state index is -0.598. The molecule has 1 atom stereocenters. The normalized spacial score (nSPS) is 19.6. The maximum atomic E-state index is 11.3. The van der Waals surface area contributed by atoms with Crippen molar-refractivity contribution in [3.63, 3.8) is 0 Å². The molecule has 0 saturated carbocycles. The van der Waals surface area contributed by atoms with Gasteiger partial charge in [0.15, 0.2) is 6.61 Å². The summed E-state index contributed by atoms with van der Waals surface area (Å²) in [5.41, 5.74) is 1.04. The molecule has 2 rings (SSSR count). The molecule has 1 aliphatic rings. The zero-order chi connectivity index (χ0) is 12.1. The molecule has 1 aromatic rings. The van der Waals surface area contributed by atoms with Crippen molar-refractivity contribution in [3.05, 3.63) is 41.1 Å². The van der Waals surface area contributed by atoms with Gasteiger partial charge in [0, 0.05) is 0 Å². The molecule has 0 amide bonds. The topological polar surface area (TPSA) is 61.6 Å². The number of carbonyl (C=O) groups excluding carboxylic acids is 1. The van der Waals surface area contributed by atoms with Gasteiger partial charge in [-0.25, -0.2) is 4.79 Å². The molecule has 1 aromatic carbocycles. The van der Waals surface area contributed by atoms with Crippen LogP contribution in [0.5, 0.6) is 0 Å². The van der Waals surface area contributed by atoms with Crippen LogP contribution in [0.25, 0.3) is 0 Å². The van der Waals surface area contributed by atoms with Crippen LogP contribution >= 0.6 is 0 Å². The van der Waals surface area contributed by atoms with Crippen molar-refractivity contribution in [2.45, 2.75) is 12.6 Å². The highest BCUT2D eigenvalue weighted by atomic mass is 16.6. The summed E-state index contributed by atoms with van der Waals surface area (Å²) in [5, 5.41) is 11.3. The maximum absolute atomic E-state index is 11.3. The fraction of sp³-hybridized carbons (Fsp3) is 0.333. The van der Waals surface area contributed by atoms with Crippen molar-refractivity contribution < 1.29 is 19.0 Å². The molecule has 1 heterocycles. The molecule has 0 aromatic heterocycles. The second-order valence-corrected chi connectivity index (χ2v) is 3.77. The van der Waals surface area contributed by atoms with Crippen molar-refractivity contribution in [2.75, 3.05) is 13.2 Å². The highest BCUT2D eigenvalue weighted by Crippen LogP contribution is 2.03. The lowest BCUT2D eigenvalue weighted by Gasteiger charge is -2.19. The fourth-order valence-electron chi connectivity index (χ4n) is 1.51. The van der Waals surface area contributed by atoms with E-state index >= 15 is 0 Å². The summed E-state index contributed by atoms with van der Waals surface area (Å²) in [7, 11) is 0. The van der Waals surface area contributed by atoms with Crippen LogP contribution in [0.15, 0.2) is 30.3 Å². The number of nitrogens with zero attached hydrogens (tertiary/aromatic N) is 1. The zero-order valence-corrected chi connectivity index (χ0v) is 9.24. The summed E-state index contributed by atoms with van der Waals surface area (Å²) in [6, 6.07) is 9.22. The third-order valence-electron chi connectivity index (χ3n) is 2.43. The summed E-state index contributed by atoms with van der Waals surface area (Å²) >= 11 is 0. The van der Waals surface area contributed by atoms with Gasteiger partial charge in [-0.3, -0.25) is 0 Å². The Morgan fingerprint density at radius 1 is 1.41 bits per heavy atom. The molecule has 0 spiro atoms. The third kappa shape index (κ3) is 3.29. The molecule has 0 N–H and O–H groups in total. The minimum absolute atomic E-state index is 0.0770. The first-order valence-corrected chi connectivity index (χ1v) is 5.34. The van der Waals surface area contributed by atoms with Crippen molar-refractivity contribution in [1.82, 2.24) is 0 Å². The van der Waals surface area contributed by atoms with Crippen molar-refractivity contribution in [3.8, 4) is 0 Å². The Morgan fingerprint density at radius 3 is 2.88 bits per heavy atom. The van der Waals surface area contributed by atoms with Gasteiger partial charge in [0.25, 0.3) is 6.21 Å². The number of cyclic esters (lactones) is 1. The number of ether oxygens (including phenoxy) is 2. The summed E-state index contributed by atoms with van der Waals surface area (Å²) in [4.78, 5) is 10.8. The average molecular weight is 235 g/mol. The smallest absolute Gasteiger partial charge is 0.396 e. The Morgan fingerprint density at radius 2 is 2.18 bits per heavy atom. The van der Waals surface area contributed by atoms with Gasteiger partial charge in [0.1, 0.15) is 6.61 Å². The van der Waals surface area contributed by atoms with Gasteiger partial charge in [0.2, 0.25) is 6.04 Å². The molecule has 0 unspecified atom stereocenters. The van der Waals surface area contributed by atoms with Crippen LogP contribution in [-0.2, 0) is 20.9 Å². The van der Waals surface area contributed by atoms with Gasteiger partial charge in [-0.2, -0.15) is 4.74 Å². The van der Waals surface area contributed by atoms with E-state index in [1.165, 1.54) is 0 Å². The SMILES string of the molecule is O=C1C=[N+]([O-])[C@@H](COCc2ccccc2)CO1. The number of hydroxylamine groups is 1. The monoisotopic (exact) mass is 235 g/mol. The number of hydrogen-bond donors (Lipinski definition) is 0. The standard InChI is InChI=1S/C12H13NO4/c14-12-6-13(15)11(9-17-12)8-16-7-10-4-2-1-3-5-10/h1-6,11H,7-9H2/t11-/m0/s1. The Labute approximate surface area is 98.9 Å². The molecule has 1 aliphatic heterocycles. The van der Waals surface area contributed by atoms with Crippen LogP contribution < -0.4 is 0 Å². The minimum Gasteiger partial charge on any atom is -0.623 e. The van der Waals surface area contributed by atoms with Crippen molar-refractivity contribution >= 4 is 12.2 Å².